The highest BCUT2D eigenvalue weighted by atomic mass is 79.9. The first-order chi connectivity index (χ1) is 53.7. The molecule has 3 aromatic carbocycles. The number of carbonyl (C=O) groups is 6. The fraction of sp³-hybridized carbons (Fsp3) is 0.389. The van der Waals surface area contributed by atoms with Crippen LogP contribution in [-0.4, -0.2) is 220 Å². The van der Waals surface area contributed by atoms with Gasteiger partial charge in [-0.1, -0.05) is 67.7 Å². The molecular weight excluding hydrogens is 1720 g/mol. The average molecular weight is 1790 g/mol. The van der Waals surface area contributed by atoms with Gasteiger partial charge < -0.3 is 55.0 Å². The number of carboxylic acids is 3. The number of hydrogen-bond acceptors (Lipinski definition) is 26. The standard InChI is InChI=1S/C24H24BrF3N4O5S.C24H22BrF3N4O4S.C24H24ClF3N4O5S/c1-2-37-23(35)19-17(9-32-12-24(27,28)8-14(32)10-36-11-18(33)34)30-21(22-29-5-6-38-22)31-20(19)15-4-3-13(26)7-16(15)25;1-2-36-23(35)19-17(11-32-12-24(27,28)10-14(32)4-6-18(33)34)30-21(22-29-7-8-37-22)31-20(19)15-5-3-13(26)9-16(15)25;1-2-37-23(35)19-17(9-32-12-24(27,28)8-14(32)10-36-11-18(33)34)30-21(22-29-5-6-38-22)31-20(19)15-4-3-13(26)7-16(15)25/h3-7,14,20H,2,8-12H2,1H3,(H,30,31)(H,33,34);3-9,14,20H,2,10-12H2,1H3,(H,30,31)(H,33,34);3-7,14,20H,2,8-12H2,1H3,(H,30,31)(H,33,34)/b;6-4+;/t3*14?,20-/m000/s1. The van der Waals surface area contributed by atoms with Crippen molar-refractivity contribution < 1.29 is 107 Å². The number of carboxylic acid groups (broad SMARTS) is 3. The molecular formula is C72H70Br2ClF9N12O14S3. The van der Waals surface area contributed by atoms with Crippen molar-refractivity contribution in [3.63, 3.8) is 0 Å². The number of alkyl halides is 6. The van der Waals surface area contributed by atoms with Crippen LogP contribution in [0.3, 0.4) is 0 Å². The lowest BCUT2D eigenvalue weighted by atomic mass is 9.95. The highest BCUT2D eigenvalue weighted by Crippen LogP contribution is 2.44. The van der Waals surface area contributed by atoms with Crippen LogP contribution >= 0.6 is 77.5 Å². The number of rotatable bonds is 28. The second-order valence-corrected chi connectivity index (χ2v) is 30.4. The van der Waals surface area contributed by atoms with E-state index >= 15 is 0 Å². The molecule has 3 unspecified atom stereocenters. The van der Waals surface area contributed by atoms with Crippen LogP contribution in [0.5, 0.6) is 0 Å². The van der Waals surface area contributed by atoms with E-state index in [9.17, 15) is 68.3 Å². The van der Waals surface area contributed by atoms with Crippen LogP contribution < -0.4 is 16.0 Å². The van der Waals surface area contributed by atoms with Gasteiger partial charge in [0.2, 0.25) is 0 Å². The van der Waals surface area contributed by atoms with Gasteiger partial charge >= 0.3 is 35.8 Å². The number of nitrogens with zero attached hydrogens (tertiary/aromatic N) is 9. The van der Waals surface area contributed by atoms with Crippen molar-refractivity contribution >= 4 is 131 Å². The van der Waals surface area contributed by atoms with Gasteiger partial charge in [0.05, 0.1) is 69.4 Å². The highest BCUT2D eigenvalue weighted by Gasteiger charge is 2.50. The zero-order valence-corrected chi connectivity index (χ0v) is 66.1. The van der Waals surface area contributed by atoms with Crippen molar-refractivity contribution in [3.8, 4) is 0 Å². The van der Waals surface area contributed by atoms with Crippen molar-refractivity contribution in [3.05, 3.63) is 198 Å². The summed E-state index contributed by atoms with van der Waals surface area (Å²) in [7, 11) is 0. The monoisotopic (exact) mass is 1790 g/mol. The Morgan fingerprint density at radius 2 is 0.876 bits per heavy atom. The summed E-state index contributed by atoms with van der Waals surface area (Å²) in [5.41, 5.74) is 2.19. The third-order valence-electron chi connectivity index (χ3n) is 17.5. The number of amidine groups is 3. The van der Waals surface area contributed by atoms with E-state index in [0.717, 1.165) is 12.1 Å². The van der Waals surface area contributed by atoms with E-state index in [1.807, 2.05) is 0 Å². The number of aliphatic imine (C=N–C) groups is 3. The second-order valence-electron chi connectivity index (χ2n) is 25.6. The minimum absolute atomic E-state index is 0.0212. The number of ether oxygens (including phenoxy) is 5. The van der Waals surface area contributed by atoms with Crippen molar-refractivity contribution in [1.82, 2.24) is 45.6 Å². The Kier molecular flexibility index (Phi) is 29.5. The molecule has 0 bridgehead atoms. The smallest absolute Gasteiger partial charge is 0.338 e. The predicted octanol–water partition coefficient (Wildman–Crippen LogP) is 11.7. The minimum Gasteiger partial charge on any atom is -0.480 e. The third kappa shape index (κ3) is 22.8. The molecule has 3 fully saturated rings. The molecule has 6 aliphatic rings. The lowest BCUT2D eigenvalue weighted by Gasteiger charge is -2.31. The lowest BCUT2D eigenvalue weighted by Crippen LogP contribution is -2.42. The van der Waals surface area contributed by atoms with Crippen molar-refractivity contribution in [2.75, 3.05) is 85.5 Å². The second kappa shape index (κ2) is 38.5. The van der Waals surface area contributed by atoms with Crippen LogP contribution in [0.2, 0.25) is 5.02 Å². The van der Waals surface area contributed by atoms with E-state index in [1.54, 1.807) is 55.5 Å². The van der Waals surface area contributed by atoms with Gasteiger partial charge in [0.25, 0.3) is 17.8 Å². The fourth-order valence-electron chi connectivity index (χ4n) is 13.0. The first-order valence-electron chi connectivity index (χ1n) is 34.4. The Morgan fingerprint density at radius 3 is 1.21 bits per heavy atom. The largest absolute Gasteiger partial charge is 0.480 e. The number of thiazole rings is 3. The first kappa shape index (κ1) is 86.6. The Balaban J connectivity index is 0.000000180. The normalized spacial score (nSPS) is 21.4. The molecule has 3 aromatic heterocycles. The van der Waals surface area contributed by atoms with E-state index in [-0.39, 0.29) is 97.3 Å². The maximum Gasteiger partial charge on any atom is 0.338 e. The highest BCUT2D eigenvalue weighted by molar-refractivity contribution is 9.10. The topological polar surface area (TPSA) is 331 Å². The summed E-state index contributed by atoms with van der Waals surface area (Å²) in [4.78, 5) is 103. The summed E-state index contributed by atoms with van der Waals surface area (Å²) >= 11 is 16.9. The van der Waals surface area contributed by atoms with Crippen LogP contribution in [-0.2, 0) is 52.5 Å². The number of benzene rings is 3. The molecule has 6 N–H and O–H groups in total. The number of carbonyl (C=O) groups excluding carboxylic acids is 3. The Morgan fingerprint density at radius 1 is 0.531 bits per heavy atom. The molecule has 3 saturated heterocycles. The molecule has 0 spiro atoms. The lowest BCUT2D eigenvalue weighted by molar-refractivity contribution is -0.143. The zero-order chi connectivity index (χ0) is 81.6. The Hall–Kier alpha value is -8.84. The number of hydrogen-bond donors (Lipinski definition) is 6. The van der Waals surface area contributed by atoms with Gasteiger partial charge in [0.15, 0.2) is 32.5 Å². The van der Waals surface area contributed by atoms with Crippen molar-refractivity contribution in [2.45, 2.75) is 94.1 Å². The molecule has 0 radical (unpaired) electrons. The molecule has 41 heteroatoms. The van der Waals surface area contributed by atoms with Crippen LogP contribution in [0, 0.1) is 17.5 Å². The van der Waals surface area contributed by atoms with E-state index < -0.39 is 159 Å². The van der Waals surface area contributed by atoms with E-state index in [0.29, 0.717) is 52.3 Å². The summed E-state index contributed by atoms with van der Waals surface area (Å²) in [6, 6.07) is 6.14. The van der Waals surface area contributed by atoms with Crippen LogP contribution in [0.15, 0.2) is 159 Å². The molecule has 6 aromatic rings. The Labute approximate surface area is 672 Å². The summed E-state index contributed by atoms with van der Waals surface area (Å²) in [5, 5.41) is 42.6. The van der Waals surface area contributed by atoms with Crippen LogP contribution in [0.4, 0.5) is 39.5 Å². The van der Waals surface area contributed by atoms with Crippen LogP contribution in [0.25, 0.3) is 0 Å². The third-order valence-corrected chi connectivity index (χ3v) is 21.6. The summed E-state index contributed by atoms with van der Waals surface area (Å²) in [5.74, 6) is -15.7. The molecule has 0 saturated carbocycles. The number of likely N-dealkylation sites (tertiary alicyclic amines) is 3. The minimum atomic E-state index is -3.06. The van der Waals surface area contributed by atoms with Crippen molar-refractivity contribution in [1.29, 1.82) is 0 Å². The zero-order valence-electron chi connectivity index (χ0n) is 59.7. The molecule has 6 aliphatic heterocycles. The number of halogens is 12. The molecule has 604 valence electrons. The van der Waals surface area contributed by atoms with E-state index in [2.05, 4.69) is 72.7 Å². The maximum absolute atomic E-state index is 14.5. The van der Waals surface area contributed by atoms with Gasteiger partial charge in [-0.25, -0.2) is 83.2 Å². The number of aliphatic carboxylic acids is 3. The summed E-state index contributed by atoms with van der Waals surface area (Å²) < 4.78 is 155. The maximum atomic E-state index is 14.5. The number of esters is 3. The molecule has 26 nitrogen and oxygen atoms in total. The van der Waals surface area contributed by atoms with E-state index in [1.165, 1.54) is 103 Å². The van der Waals surface area contributed by atoms with Gasteiger partial charge in [-0.2, -0.15) is 0 Å². The van der Waals surface area contributed by atoms with Crippen LogP contribution in [0.1, 0.15) is 89.9 Å². The predicted molar refractivity (Wildman–Crippen MR) is 403 cm³/mol. The molecule has 9 heterocycles. The molecule has 113 heavy (non-hydrogen) atoms. The SMILES string of the molecule is CCOC(=O)C1=C(CN2CC(F)(F)CC2/C=C/C(=O)O)NC(c2nccs2)=N[C@H]1c1ccc(F)cc1Br.CCOC(=O)C1=C(CN2CC(F)(F)CC2COCC(=O)O)NC(c2nccs2)=N[C@H]1c1ccc(F)cc1Br.CCOC(=O)C1=C(CN2CC(F)(F)CC2COCC(=O)O)NC(c2nccs2)=N[C@H]1c1ccc(F)cc1Cl. The molecule has 0 aliphatic carbocycles. The average Bonchev–Trinajstić information content (AvgIpc) is 1.71. The molecule has 6 atom stereocenters. The van der Waals surface area contributed by atoms with Gasteiger partial charge in [-0.3, -0.25) is 29.7 Å². The fourth-order valence-corrected chi connectivity index (χ4v) is 16.1. The van der Waals surface area contributed by atoms with Gasteiger partial charge in [0.1, 0.15) is 48.8 Å². The number of aromatic nitrogens is 3. The van der Waals surface area contributed by atoms with Gasteiger partial charge in [0, 0.05) is 134 Å². The molecule has 0 amide bonds. The quantitative estimate of drug-likeness (QED) is 0.0115. The van der Waals surface area contributed by atoms with Gasteiger partial charge in [-0.15, -0.1) is 34.0 Å². The Bertz CT molecular complexity index is 4530. The van der Waals surface area contributed by atoms with E-state index in [4.69, 9.17) is 55.6 Å². The first-order valence-corrected chi connectivity index (χ1v) is 39.0. The van der Waals surface area contributed by atoms with Gasteiger partial charge in [-0.05, 0) is 68.3 Å². The number of nitrogens with one attached hydrogen (secondary N) is 3. The molecule has 12 rings (SSSR count). The summed E-state index contributed by atoms with van der Waals surface area (Å²) in [6.07, 6.45) is 5.10. The summed E-state index contributed by atoms with van der Waals surface area (Å²) in [6.45, 7) is 0.970. The van der Waals surface area contributed by atoms with Crippen molar-refractivity contribution in [2.24, 2.45) is 15.0 Å².